The Balaban J connectivity index is 1.14. The van der Waals surface area contributed by atoms with Gasteiger partial charge in [0.2, 0.25) is 11.8 Å². The Hall–Kier alpha value is -3.14. The quantitative estimate of drug-likeness (QED) is 0.642. The highest BCUT2D eigenvalue weighted by molar-refractivity contribution is 6.03. The molecule has 186 valence electrons. The van der Waals surface area contributed by atoms with Gasteiger partial charge in [0.05, 0.1) is 22.8 Å². The number of anilines is 1. The van der Waals surface area contributed by atoms with Crippen LogP contribution in [0.4, 0.5) is 10.5 Å². The summed E-state index contributed by atoms with van der Waals surface area (Å²) in [6, 6.07) is 6.75. The number of carboxylic acid groups (broad SMARTS) is 1. The van der Waals surface area contributed by atoms with Gasteiger partial charge in [-0.05, 0) is 37.7 Å². The normalized spacial score (nSPS) is 27.7. The molecule has 1 unspecified atom stereocenters. The van der Waals surface area contributed by atoms with E-state index in [4.69, 9.17) is 5.10 Å². The van der Waals surface area contributed by atoms with Crippen LogP contribution in [0.5, 0.6) is 0 Å². The fourth-order valence-electron chi connectivity index (χ4n) is 6.71. The Bertz CT molecular complexity index is 1190. The maximum absolute atomic E-state index is 12.5. The van der Waals surface area contributed by atoms with E-state index in [9.17, 15) is 19.5 Å². The molecular weight excluding hydrogens is 448 g/mol. The van der Waals surface area contributed by atoms with Crippen LogP contribution in [0.3, 0.4) is 0 Å². The molecule has 5 heterocycles. The Labute approximate surface area is 203 Å². The maximum Gasteiger partial charge on any atom is 0.407 e. The number of aromatic nitrogens is 2. The topological polar surface area (TPSA) is 111 Å². The van der Waals surface area contributed by atoms with E-state index in [1.54, 1.807) is 4.90 Å². The summed E-state index contributed by atoms with van der Waals surface area (Å²) in [5.74, 6) is -0.246. The molecule has 4 aliphatic heterocycles. The van der Waals surface area contributed by atoms with Crippen LogP contribution >= 0.6 is 0 Å². The van der Waals surface area contributed by atoms with Gasteiger partial charge in [-0.1, -0.05) is 12.1 Å². The molecule has 4 fully saturated rings. The Morgan fingerprint density at radius 3 is 2.63 bits per heavy atom. The number of piperidine rings is 2. The number of fused-ring (bicyclic) bond motifs is 3. The highest BCUT2D eigenvalue weighted by Gasteiger charge is 2.45. The van der Waals surface area contributed by atoms with Crippen molar-refractivity contribution in [1.82, 2.24) is 24.9 Å². The first kappa shape index (κ1) is 22.3. The number of amides is 3. The Kier molecular flexibility index (Phi) is 5.43. The number of carbonyl (C=O) groups is 3. The van der Waals surface area contributed by atoms with Crippen LogP contribution < -0.4 is 10.2 Å². The smallest absolute Gasteiger partial charge is 0.407 e. The van der Waals surface area contributed by atoms with Crippen molar-refractivity contribution < 1.29 is 19.5 Å². The first-order chi connectivity index (χ1) is 16.9. The lowest BCUT2D eigenvalue weighted by molar-refractivity contribution is -0.134. The van der Waals surface area contributed by atoms with Gasteiger partial charge >= 0.3 is 6.09 Å². The minimum Gasteiger partial charge on any atom is -0.465 e. The largest absolute Gasteiger partial charge is 0.465 e. The fourth-order valence-corrected chi connectivity index (χ4v) is 6.71. The van der Waals surface area contributed by atoms with Crippen molar-refractivity contribution in [3.05, 3.63) is 23.9 Å². The van der Waals surface area contributed by atoms with Crippen LogP contribution in [0, 0.1) is 5.92 Å². The number of nitrogens with zero attached hydrogens (tertiary/aromatic N) is 5. The number of rotatable bonds is 4. The Morgan fingerprint density at radius 2 is 1.94 bits per heavy atom. The van der Waals surface area contributed by atoms with E-state index < -0.39 is 12.0 Å². The lowest BCUT2D eigenvalue weighted by Gasteiger charge is -2.38. The second-order valence-electron chi connectivity index (χ2n) is 10.5. The summed E-state index contributed by atoms with van der Waals surface area (Å²) in [6.45, 7) is 4.50. The minimum absolute atomic E-state index is 0.165. The van der Waals surface area contributed by atoms with E-state index in [0.29, 0.717) is 31.3 Å². The molecule has 2 bridgehead atoms. The standard InChI is InChI=1S/C25H32N6O4/c1-28-23-18(22(27-28)19-5-6-21(32)26-24(19)33)3-2-4-20(23)29-9-7-15(8-10-29)12-30-13-17-11-16(30)14-31(17)25(34)35/h2-4,15-17,19H,5-14H2,1H3,(H,34,35)(H,26,32,33)/t16-,17-,19?/m1/s1. The number of carbonyl (C=O) groups excluding carboxylic acids is 2. The molecule has 10 heteroatoms. The lowest BCUT2D eigenvalue weighted by atomic mass is 9.92. The predicted molar refractivity (Wildman–Crippen MR) is 129 cm³/mol. The van der Waals surface area contributed by atoms with Gasteiger partial charge in [-0.25, -0.2) is 4.79 Å². The second kappa shape index (κ2) is 8.51. The minimum atomic E-state index is -0.782. The molecule has 10 nitrogen and oxygen atoms in total. The number of para-hydroxylation sites is 1. The molecule has 0 radical (unpaired) electrons. The number of hydrogen-bond donors (Lipinski definition) is 2. The van der Waals surface area contributed by atoms with Crippen LogP contribution in [-0.2, 0) is 16.6 Å². The zero-order valence-corrected chi connectivity index (χ0v) is 20.0. The molecule has 4 aliphatic rings. The predicted octanol–water partition coefficient (Wildman–Crippen LogP) is 1.75. The molecule has 6 rings (SSSR count). The maximum atomic E-state index is 12.5. The second-order valence-corrected chi connectivity index (χ2v) is 10.5. The van der Waals surface area contributed by atoms with Crippen LogP contribution in [-0.4, -0.2) is 87.4 Å². The number of likely N-dealkylation sites (tertiary alicyclic amines) is 2. The summed E-state index contributed by atoms with van der Waals surface area (Å²) in [5, 5.41) is 17.5. The molecule has 0 aliphatic carbocycles. The number of piperazine rings is 1. The van der Waals surface area contributed by atoms with Crippen molar-refractivity contribution in [2.45, 2.75) is 50.1 Å². The molecule has 2 aromatic rings. The third-order valence-electron chi connectivity index (χ3n) is 8.49. The van der Waals surface area contributed by atoms with Crippen LogP contribution in [0.25, 0.3) is 10.9 Å². The van der Waals surface area contributed by atoms with E-state index in [-0.39, 0.29) is 17.9 Å². The van der Waals surface area contributed by atoms with Crippen molar-refractivity contribution in [3.8, 4) is 0 Å². The molecule has 3 atom stereocenters. The van der Waals surface area contributed by atoms with Crippen LogP contribution in [0.1, 0.15) is 43.7 Å². The summed E-state index contributed by atoms with van der Waals surface area (Å²) in [6.07, 6.45) is 3.23. The molecular formula is C25H32N6O4. The van der Waals surface area contributed by atoms with E-state index in [2.05, 4.69) is 21.2 Å². The molecule has 4 saturated heterocycles. The Morgan fingerprint density at radius 1 is 1.14 bits per heavy atom. The molecule has 0 spiro atoms. The number of aryl methyl sites for hydroxylation is 1. The van der Waals surface area contributed by atoms with Gasteiger partial charge in [0, 0.05) is 63.7 Å². The van der Waals surface area contributed by atoms with Gasteiger partial charge in [0.1, 0.15) is 0 Å². The third kappa shape index (κ3) is 3.84. The summed E-state index contributed by atoms with van der Waals surface area (Å²) < 4.78 is 1.88. The van der Waals surface area contributed by atoms with E-state index in [1.165, 1.54) is 0 Å². The van der Waals surface area contributed by atoms with E-state index >= 15 is 0 Å². The van der Waals surface area contributed by atoms with Gasteiger partial charge in [-0.15, -0.1) is 0 Å². The molecule has 0 saturated carbocycles. The van der Waals surface area contributed by atoms with Gasteiger partial charge in [-0.3, -0.25) is 24.5 Å². The van der Waals surface area contributed by atoms with Crippen molar-refractivity contribution in [2.24, 2.45) is 13.0 Å². The number of hydrogen-bond acceptors (Lipinski definition) is 6. The van der Waals surface area contributed by atoms with Gasteiger partial charge in [0.25, 0.3) is 0 Å². The van der Waals surface area contributed by atoms with Gasteiger partial charge in [0.15, 0.2) is 0 Å². The molecule has 2 N–H and O–H groups in total. The van der Waals surface area contributed by atoms with Gasteiger partial charge in [-0.2, -0.15) is 5.10 Å². The summed E-state index contributed by atoms with van der Waals surface area (Å²) in [5.41, 5.74) is 2.94. The summed E-state index contributed by atoms with van der Waals surface area (Å²) >= 11 is 0. The highest BCUT2D eigenvalue weighted by atomic mass is 16.4. The number of imide groups is 1. The number of nitrogens with one attached hydrogen (secondary N) is 1. The SMILES string of the molecule is Cn1nc(C2CCC(=O)NC2=O)c2cccc(N3CCC(CN4C[C@H]5C[C@@H]4CN5C(=O)O)CC3)c21. The van der Waals surface area contributed by atoms with Crippen LogP contribution in [0.15, 0.2) is 18.2 Å². The zero-order chi connectivity index (χ0) is 24.3. The third-order valence-corrected chi connectivity index (χ3v) is 8.49. The van der Waals surface area contributed by atoms with E-state index in [0.717, 1.165) is 67.7 Å². The zero-order valence-electron chi connectivity index (χ0n) is 20.0. The van der Waals surface area contributed by atoms with E-state index in [1.807, 2.05) is 23.9 Å². The first-order valence-corrected chi connectivity index (χ1v) is 12.7. The lowest BCUT2D eigenvalue weighted by Crippen LogP contribution is -2.50. The van der Waals surface area contributed by atoms with Crippen molar-refractivity contribution >= 4 is 34.5 Å². The fraction of sp³-hybridized carbons (Fsp3) is 0.600. The highest BCUT2D eigenvalue weighted by Crippen LogP contribution is 2.37. The van der Waals surface area contributed by atoms with Crippen molar-refractivity contribution in [1.29, 1.82) is 0 Å². The average Bonchev–Trinajstić information content (AvgIpc) is 3.53. The van der Waals surface area contributed by atoms with Crippen molar-refractivity contribution in [3.63, 3.8) is 0 Å². The van der Waals surface area contributed by atoms with Crippen molar-refractivity contribution in [2.75, 3.05) is 37.6 Å². The summed E-state index contributed by atoms with van der Waals surface area (Å²) in [7, 11) is 1.93. The molecule has 3 amide bonds. The average molecular weight is 481 g/mol. The molecule has 1 aromatic carbocycles. The number of benzene rings is 1. The monoisotopic (exact) mass is 480 g/mol. The van der Waals surface area contributed by atoms with Gasteiger partial charge < -0.3 is 14.9 Å². The summed E-state index contributed by atoms with van der Waals surface area (Å²) in [4.78, 5) is 42.0. The first-order valence-electron chi connectivity index (χ1n) is 12.7. The molecule has 1 aromatic heterocycles. The molecule has 35 heavy (non-hydrogen) atoms. The van der Waals surface area contributed by atoms with Crippen LogP contribution in [0.2, 0.25) is 0 Å².